The minimum Gasteiger partial charge on any atom is -0.366 e. The summed E-state index contributed by atoms with van der Waals surface area (Å²) in [6.45, 7) is 4.13. The first-order valence-corrected chi connectivity index (χ1v) is 3.95. The predicted molar refractivity (Wildman–Crippen MR) is 51.2 cm³/mol. The van der Waals surface area contributed by atoms with Crippen molar-refractivity contribution in [3.05, 3.63) is 12.3 Å². The van der Waals surface area contributed by atoms with Gasteiger partial charge >= 0.3 is 0 Å². The lowest BCUT2D eigenvalue weighted by atomic mass is 10.2. The minimum atomic E-state index is 0.372. The lowest BCUT2D eigenvalue weighted by Gasteiger charge is -2.17. The molecule has 0 aromatic carbocycles. The molecule has 0 radical (unpaired) electrons. The van der Waals surface area contributed by atoms with Gasteiger partial charge in [-0.15, -0.1) is 0 Å². The van der Waals surface area contributed by atoms with Crippen molar-refractivity contribution in [1.29, 1.82) is 0 Å². The smallest absolute Gasteiger partial charge is 0.144 e. The van der Waals surface area contributed by atoms with Crippen molar-refractivity contribution in [3.63, 3.8) is 0 Å². The maximum atomic E-state index is 9.96. The SMILES string of the molecule is CC(C)C(=N/C=C\C=O)N(C)C. The Kier molecular flexibility index (Phi) is 5.00. The van der Waals surface area contributed by atoms with E-state index in [4.69, 9.17) is 0 Å². The summed E-state index contributed by atoms with van der Waals surface area (Å²) in [5.74, 6) is 1.34. The monoisotopic (exact) mass is 168 g/mol. The molecule has 0 aliphatic heterocycles. The van der Waals surface area contributed by atoms with Crippen LogP contribution in [0, 0.1) is 5.92 Å². The van der Waals surface area contributed by atoms with Crippen LogP contribution in [0.5, 0.6) is 0 Å². The molecule has 0 N–H and O–H groups in total. The summed E-state index contributed by atoms with van der Waals surface area (Å²) in [7, 11) is 3.88. The third-order valence-corrected chi connectivity index (χ3v) is 1.35. The van der Waals surface area contributed by atoms with Gasteiger partial charge < -0.3 is 4.90 Å². The number of amidine groups is 1. The highest BCUT2D eigenvalue weighted by Crippen LogP contribution is 1.99. The molecule has 0 saturated carbocycles. The van der Waals surface area contributed by atoms with Gasteiger partial charge in [0.25, 0.3) is 0 Å². The summed E-state index contributed by atoms with van der Waals surface area (Å²) < 4.78 is 0. The molecule has 0 bridgehead atoms. The number of carbonyl (C=O) groups is 1. The summed E-state index contributed by atoms with van der Waals surface area (Å²) >= 11 is 0. The zero-order valence-electron chi connectivity index (χ0n) is 8.11. The third kappa shape index (κ3) is 3.91. The molecule has 68 valence electrons. The van der Waals surface area contributed by atoms with Crippen molar-refractivity contribution in [2.75, 3.05) is 14.1 Å². The first-order chi connectivity index (χ1) is 5.59. The number of allylic oxidation sites excluding steroid dienone is 1. The first-order valence-electron chi connectivity index (χ1n) is 3.95. The number of aliphatic imine (C=N–C) groups is 1. The highest BCUT2D eigenvalue weighted by atomic mass is 16.1. The van der Waals surface area contributed by atoms with Crippen molar-refractivity contribution in [1.82, 2.24) is 4.90 Å². The van der Waals surface area contributed by atoms with Gasteiger partial charge in [0.2, 0.25) is 0 Å². The lowest BCUT2D eigenvalue weighted by Crippen LogP contribution is -2.26. The first kappa shape index (κ1) is 10.9. The van der Waals surface area contributed by atoms with Gasteiger partial charge in [0.05, 0.1) is 0 Å². The van der Waals surface area contributed by atoms with Gasteiger partial charge in [-0.25, -0.2) is 4.99 Å². The molecule has 0 atom stereocenters. The molecule has 0 aliphatic carbocycles. The van der Waals surface area contributed by atoms with Crippen molar-refractivity contribution in [2.45, 2.75) is 13.8 Å². The van der Waals surface area contributed by atoms with Gasteiger partial charge in [-0.3, -0.25) is 4.79 Å². The second-order valence-corrected chi connectivity index (χ2v) is 3.01. The Morgan fingerprint density at radius 2 is 2.00 bits per heavy atom. The molecule has 0 aliphatic rings. The fourth-order valence-electron chi connectivity index (χ4n) is 0.935. The highest BCUT2D eigenvalue weighted by molar-refractivity contribution is 5.84. The second kappa shape index (κ2) is 5.52. The molecule has 0 amide bonds. The molecule has 0 saturated heterocycles. The van der Waals surface area contributed by atoms with E-state index in [9.17, 15) is 4.79 Å². The topological polar surface area (TPSA) is 32.7 Å². The maximum Gasteiger partial charge on any atom is 0.144 e. The molecule has 0 spiro atoms. The van der Waals surface area contributed by atoms with Crippen LogP contribution in [-0.2, 0) is 4.79 Å². The van der Waals surface area contributed by atoms with Gasteiger partial charge in [-0.1, -0.05) is 13.8 Å². The minimum absolute atomic E-state index is 0.372. The molecule has 0 aromatic rings. The maximum absolute atomic E-state index is 9.96. The van der Waals surface area contributed by atoms with E-state index in [1.165, 1.54) is 12.3 Å². The van der Waals surface area contributed by atoms with E-state index < -0.39 is 0 Å². The van der Waals surface area contributed by atoms with Crippen LogP contribution >= 0.6 is 0 Å². The molecule has 0 fully saturated rings. The van der Waals surface area contributed by atoms with Gasteiger partial charge in [-0.2, -0.15) is 0 Å². The summed E-state index contributed by atoms with van der Waals surface area (Å²) in [5.41, 5.74) is 0. The second-order valence-electron chi connectivity index (χ2n) is 3.01. The number of nitrogens with zero attached hydrogens (tertiary/aromatic N) is 2. The van der Waals surface area contributed by atoms with Crippen molar-refractivity contribution >= 4 is 12.1 Å². The predicted octanol–water partition coefficient (Wildman–Crippen LogP) is 1.32. The Bertz CT molecular complexity index is 183. The Hall–Kier alpha value is -1.12. The Labute approximate surface area is 73.8 Å². The van der Waals surface area contributed by atoms with Gasteiger partial charge in [-0.05, 0) is 6.08 Å². The van der Waals surface area contributed by atoms with Crippen LogP contribution in [0.15, 0.2) is 17.3 Å². The number of carbonyl (C=O) groups excluding carboxylic acids is 1. The zero-order valence-corrected chi connectivity index (χ0v) is 8.11. The standard InChI is InChI=1S/C9H16N2O/c1-8(2)9(11(3)4)10-6-5-7-12/h5-8H,1-4H3/b6-5-,10-9?. The van der Waals surface area contributed by atoms with Crippen LogP contribution < -0.4 is 0 Å². The molecule has 0 rings (SSSR count). The highest BCUT2D eigenvalue weighted by Gasteiger charge is 2.04. The molecular formula is C9H16N2O. The number of hydrogen-bond acceptors (Lipinski definition) is 2. The molecule has 0 unspecified atom stereocenters. The van der Waals surface area contributed by atoms with Crippen LogP contribution in [0.1, 0.15) is 13.8 Å². The molecule has 3 nitrogen and oxygen atoms in total. The van der Waals surface area contributed by atoms with E-state index in [0.29, 0.717) is 5.92 Å². The fraction of sp³-hybridized carbons (Fsp3) is 0.556. The molecule has 3 heteroatoms. The summed E-state index contributed by atoms with van der Waals surface area (Å²) in [6, 6.07) is 0. The normalized spacial score (nSPS) is 12.6. The van der Waals surface area contributed by atoms with Crippen LogP contribution in [0.2, 0.25) is 0 Å². The molecular weight excluding hydrogens is 152 g/mol. The van der Waals surface area contributed by atoms with Gasteiger partial charge in [0.15, 0.2) is 0 Å². The average Bonchev–Trinajstić information content (AvgIpc) is 1.96. The summed E-state index contributed by atoms with van der Waals surface area (Å²) in [6.07, 6.45) is 3.62. The van der Waals surface area contributed by atoms with Crippen LogP contribution in [0.4, 0.5) is 0 Å². The van der Waals surface area contributed by atoms with Crippen molar-refractivity contribution < 1.29 is 4.79 Å². The zero-order chi connectivity index (χ0) is 9.56. The third-order valence-electron chi connectivity index (χ3n) is 1.35. The lowest BCUT2D eigenvalue weighted by molar-refractivity contribution is -0.104. The number of hydrogen-bond donors (Lipinski definition) is 0. The van der Waals surface area contributed by atoms with E-state index in [1.807, 2.05) is 19.0 Å². The quantitative estimate of drug-likeness (QED) is 0.275. The Balaban J connectivity index is 4.38. The average molecular weight is 168 g/mol. The van der Waals surface area contributed by atoms with E-state index in [-0.39, 0.29) is 0 Å². The Morgan fingerprint density at radius 1 is 1.42 bits per heavy atom. The van der Waals surface area contributed by atoms with Crippen LogP contribution in [0.3, 0.4) is 0 Å². The molecule has 0 aromatic heterocycles. The van der Waals surface area contributed by atoms with E-state index in [1.54, 1.807) is 0 Å². The van der Waals surface area contributed by atoms with Crippen LogP contribution in [0.25, 0.3) is 0 Å². The number of aldehydes is 1. The van der Waals surface area contributed by atoms with E-state index >= 15 is 0 Å². The Morgan fingerprint density at radius 3 is 2.33 bits per heavy atom. The fourth-order valence-corrected chi connectivity index (χ4v) is 0.935. The van der Waals surface area contributed by atoms with Gasteiger partial charge in [0.1, 0.15) is 12.1 Å². The van der Waals surface area contributed by atoms with Gasteiger partial charge in [0, 0.05) is 26.2 Å². The molecule has 0 heterocycles. The van der Waals surface area contributed by atoms with Crippen molar-refractivity contribution in [2.24, 2.45) is 10.9 Å². The largest absolute Gasteiger partial charge is 0.366 e. The molecule has 12 heavy (non-hydrogen) atoms. The van der Waals surface area contributed by atoms with Crippen molar-refractivity contribution in [3.8, 4) is 0 Å². The van der Waals surface area contributed by atoms with E-state index in [0.717, 1.165) is 12.1 Å². The van der Waals surface area contributed by atoms with E-state index in [2.05, 4.69) is 18.8 Å². The number of rotatable bonds is 3. The van der Waals surface area contributed by atoms with Crippen LogP contribution in [-0.4, -0.2) is 31.1 Å². The summed E-state index contributed by atoms with van der Waals surface area (Å²) in [5, 5.41) is 0. The summed E-state index contributed by atoms with van der Waals surface area (Å²) in [4.78, 5) is 16.0.